The van der Waals surface area contributed by atoms with Crippen molar-refractivity contribution in [2.75, 3.05) is 33.9 Å². The van der Waals surface area contributed by atoms with E-state index in [1.54, 1.807) is 19.1 Å². The van der Waals surface area contributed by atoms with Crippen LogP contribution in [-0.4, -0.2) is 49.9 Å². The third-order valence-corrected chi connectivity index (χ3v) is 4.50. The fraction of sp³-hybridized carbons (Fsp3) is 0.588. The summed E-state index contributed by atoms with van der Waals surface area (Å²) in [5.41, 5.74) is 0.759. The summed E-state index contributed by atoms with van der Waals surface area (Å²) in [6.07, 6.45) is 1.31. The Morgan fingerprint density at radius 1 is 1.26 bits per heavy atom. The highest BCUT2D eigenvalue weighted by atomic mass is 16.5. The fourth-order valence-corrected chi connectivity index (χ4v) is 3.07. The maximum absolute atomic E-state index is 12.1. The molecule has 1 aliphatic rings. The number of methoxy groups -OCH3 is 2. The Bertz CT molecular complexity index is 572. The topological polar surface area (TPSA) is 71.0 Å². The van der Waals surface area contributed by atoms with E-state index in [0.29, 0.717) is 31.0 Å². The number of hydrogen-bond acceptors (Lipinski definition) is 4. The number of ether oxygens (including phenoxy) is 2. The minimum Gasteiger partial charge on any atom is -0.493 e. The highest BCUT2D eigenvalue weighted by molar-refractivity contribution is 5.74. The van der Waals surface area contributed by atoms with Crippen molar-refractivity contribution in [2.45, 2.75) is 32.3 Å². The lowest BCUT2D eigenvalue weighted by atomic mass is 9.95. The monoisotopic (exact) mass is 322 g/mol. The van der Waals surface area contributed by atoms with E-state index in [9.17, 15) is 9.90 Å². The van der Waals surface area contributed by atoms with Crippen LogP contribution in [0.3, 0.4) is 0 Å². The molecule has 1 aliphatic carbocycles. The van der Waals surface area contributed by atoms with Gasteiger partial charge in [0, 0.05) is 13.1 Å². The lowest BCUT2D eigenvalue weighted by Gasteiger charge is -2.27. The van der Waals surface area contributed by atoms with Crippen molar-refractivity contribution in [3.63, 3.8) is 0 Å². The third-order valence-electron chi connectivity index (χ3n) is 4.50. The predicted octanol–water partition coefficient (Wildman–Crippen LogP) is 1.89. The zero-order valence-corrected chi connectivity index (χ0v) is 14.3. The molecule has 0 saturated heterocycles. The summed E-state index contributed by atoms with van der Waals surface area (Å²) in [6.45, 7) is 5.33. The van der Waals surface area contributed by atoms with Crippen molar-refractivity contribution in [1.29, 1.82) is 0 Å². The van der Waals surface area contributed by atoms with Crippen molar-refractivity contribution in [3.05, 3.63) is 23.3 Å². The zero-order chi connectivity index (χ0) is 17.0. The quantitative estimate of drug-likeness (QED) is 0.839. The molecule has 1 aromatic carbocycles. The molecule has 0 bridgehead atoms. The van der Waals surface area contributed by atoms with Gasteiger partial charge >= 0.3 is 6.03 Å². The number of fused-ring (bicyclic) bond motifs is 1. The van der Waals surface area contributed by atoms with Crippen LogP contribution in [0, 0.1) is 0 Å². The lowest BCUT2D eigenvalue weighted by Crippen LogP contribution is -2.45. The molecule has 2 rings (SSSR count). The second kappa shape index (κ2) is 7.08. The van der Waals surface area contributed by atoms with E-state index in [0.717, 1.165) is 17.5 Å². The number of hydrogen-bond donors (Lipinski definition) is 2. The van der Waals surface area contributed by atoms with Crippen LogP contribution in [0.25, 0.3) is 0 Å². The van der Waals surface area contributed by atoms with Crippen molar-refractivity contribution < 1.29 is 19.4 Å². The number of urea groups is 1. The standard InChI is InChI=1S/C17H26N2O4/c1-5-19(6-2)16(20)18-11-17(21)8-7-12-9-14(22-3)15(23-4)10-13(12)17/h9-10,21H,5-8,11H2,1-4H3,(H,18,20). The summed E-state index contributed by atoms with van der Waals surface area (Å²) >= 11 is 0. The minimum atomic E-state index is -1.07. The largest absolute Gasteiger partial charge is 0.493 e. The minimum absolute atomic E-state index is 0.155. The predicted molar refractivity (Wildman–Crippen MR) is 88.1 cm³/mol. The van der Waals surface area contributed by atoms with Gasteiger partial charge in [-0.25, -0.2) is 4.79 Å². The molecule has 0 heterocycles. The maximum Gasteiger partial charge on any atom is 0.317 e. The van der Waals surface area contributed by atoms with Crippen LogP contribution in [0.2, 0.25) is 0 Å². The number of aliphatic hydroxyl groups is 1. The summed E-state index contributed by atoms with van der Waals surface area (Å²) in [5, 5.41) is 13.8. The molecule has 0 aromatic heterocycles. The van der Waals surface area contributed by atoms with Crippen LogP contribution in [0.15, 0.2) is 12.1 Å². The Morgan fingerprint density at radius 2 is 1.87 bits per heavy atom. The number of benzene rings is 1. The second-order valence-electron chi connectivity index (χ2n) is 5.73. The van der Waals surface area contributed by atoms with Gasteiger partial charge in [0.2, 0.25) is 0 Å². The highest BCUT2D eigenvalue weighted by Crippen LogP contribution is 2.42. The van der Waals surface area contributed by atoms with Crippen molar-refractivity contribution in [2.24, 2.45) is 0 Å². The zero-order valence-electron chi connectivity index (χ0n) is 14.3. The lowest BCUT2D eigenvalue weighted by molar-refractivity contribution is 0.0396. The molecule has 0 aliphatic heterocycles. The number of amides is 2. The maximum atomic E-state index is 12.1. The molecule has 0 radical (unpaired) electrons. The van der Waals surface area contributed by atoms with Crippen LogP contribution in [0.1, 0.15) is 31.4 Å². The van der Waals surface area contributed by atoms with E-state index in [4.69, 9.17) is 9.47 Å². The molecule has 6 heteroatoms. The Kier molecular flexibility index (Phi) is 5.36. The average molecular weight is 322 g/mol. The molecule has 2 amide bonds. The average Bonchev–Trinajstić information content (AvgIpc) is 2.89. The number of nitrogens with one attached hydrogen (secondary N) is 1. The van der Waals surface area contributed by atoms with Gasteiger partial charge in [-0.1, -0.05) is 0 Å². The van der Waals surface area contributed by atoms with E-state index >= 15 is 0 Å². The summed E-state index contributed by atoms with van der Waals surface area (Å²) in [6, 6.07) is 3.56. The van der Waals surface area contributed by atoms with E-state index in [1.807, 2.05) is 26.0 Å². The van der Waals surface area contributed by atoms with Crippen LogP contribution in [-0.2, 0) is 12.0 Å². The van der Waals surface area contributed by atoms with Gasteiger partial charge in [-0.2, -0.15) is 0 Å². The summed E-state index contributed by atoms with van der Waals surface area (Å²) in [5.74, 6) is 1.24. The van der Waals surface area contributed by atoms with Gasteiger partial charge in [-0.3, -0.25) is 0 Å². The number of rotatable bonds is 6. The molecule has 6 nitrogen and oxygen atoms in total. The molecule has 0 spiro atoms. The number of carbonyl (C=O) groups is 1. The normalized spacial score (nSPS) is 19.2. The van der Waals surface area contributed by atoms with Gasteiger partial charge in [0.05, 0.1) is 20.8 Å². The Morgan fingerprint density at radius 3 is 2.43 bits per heavy atom. The van der Waals surface area contributed by atoms with Gasteiger partial charge < -0.3 is 24.8 Å². The van der Waals surface area contributed by atoms with Crippen molar-refractivity contribution in [3.8, 4) is 11.5 Å². The smallest absolute Gasteiger partial charge is 0.317 e. The first kappa shape index (κ1) is 17.4. The fourth-order valence-electron chi connectivity index (χ4n) is 3.07. The van der Waals surface area contributed by atoms with Gasteiger partial charge in [-0.15, -0.1) is 0 Å². The first-order valence-electron chi connectivity index (χ1n) is 7.99. The van der Waals surface area contributed by atoms with E-state index in [-0.39, 0.29) is 12.6 Å². The van der Waals surface area contributed by atoms with Gasteiger partial charge in [0.1, 0.15) is 5.60 Å². The second-order valence-corrected chi connectivity index (χ2v) is 5.73. The van der Waals surface area contributed by atoms with Crippen LogP contribution in [0.5, 0.6) is 11.5 Å². The molecule has 23 heavy (non-hydrogen) atoms. The van der Waals surface area contributed by atoms with E-state index in [2.05, 4.69) is 5.32 Å². The number of aryl methyl sites for hydroxylation is 1. The summed E-state index contributed by atoms with van der Waals surface area (Å²) in [7, 11) is 3.16. The number of carbonyl (C=O) groups excluding carboxylic acids is 1. The van der Waals surface area contributed by atoms with Crippen molar-refractivity contribution >= 4 is 6.03 Å². The molecular formula is C17H26N2O4. The molecule has 128 valence electrons. The van der Waals surface area contributed by atoms with E-state index < -0.39 is 5.60 Å². The molecule has 1 unspecified atom stereocenters. The summed E-state index contributed by atoms with van der Waals surface area (Å²) < 4.78 is 10.6. The van der Waals surface area contributed by atoms with Crippen LogP contribution in [0.4, 0.5) is 4.79 Å². The number of nitrogens with zero attached hydrogens (tertiary/aromatic N) is 1. The van der Waals surface area contributed by atoms with Crippen LogP contribution >= 0.6 is 0 Å². The molecule has 2 N–H and O–H groups in total. The van der Waals surface area contributed by atoms with Crippen molar-refractivity contribution in [1.82, 2.24) is 10.2 Å². The van der Waals surface area contributed by atoms with Gasteiger partial charge in [0.25, 0.3) is 0 Å². The van der Waals surface area contributed by atoms with E-state index in [1.165, 1.54) is 0 Å². The Hall–Kier alpha value is -1.95. The Labute approximate surface area is 137 Å². The SMILES string of the molecule is CCN(CC)C(=O)NCC1(O)CCc2cc(OC)c(OC)cc21. The molecule has 0 fully saturated rings. The molecule has 1 atom stereocenters. The molecular weight excluding hydrogens is 296 g/mol. The first-order valence-corrected chi connectivity index (χ1v) is 7.99. The molecule has 0 saturated carbocycles. The first-order chi connectivity index (χ1) is 11.0. The van der Waals surface area contributed by atoms with Gasteiger partial charge in [0.15, 0.2) is 11.5 Å². The van der Waals surface area contributed by atoms with Gasteiger partial charge in [-0.05, 0) is 49.9 Å². The highest BCUT2D eigenvalue weighted by Gasteiger charge is 2.38. The Balaban J connectivity index is 2.18. The molecule has 1 aromatic rings. The third kappa shape index (κ3) is 3.37. The van der Waals surface area contributed by atoms with Crippen LogP contribution < -0.4 is 14.8 Å². The summed E-state index contributed by atoms with van der Waals surface area (Å²) in [4.78, 5) is 13.8.